The van der Waals surface area contributed by atoms with Gasteiger partial charge in [-0.3, -0.25) is 4.99 Å². The summed E-state index contributed by atoms with van der Waals surface area (Å²) in [7, 11) is 1.94. The Morgan fingerprint density at radius 3 is 2.67 bits per heavy atom. The van der Waals surface area contributed by atoms with Gasteiger partial charge < -0.3 is 4.90 Å². The van der Waals surface area contributed by atoms with Gasteiger partial charge in [0.1, 0.15) is 5.82 Å². The number of halogens is 4. The van der Waals surface area contributed by atoms with Crippen molar-refractivity contribution < 1.29 is 4.39 Å². The van der Waals surface area contributed by atoms with Gasteiger partial charge in [-0.1, -0.05) is 41.4 Å². The van der Waals surface area contributed by atoms with Crippen LogP contribution in [0.15, 0.2) is 47.5 Å². The fourth-order valence-electron chi connectivity index (χ4n) is 2.53. The van der Waals surface area contributed by atoms with Gasteiger partial charge in [-0.2, -0.15) is 0 Å². The second-order valence-electron chi connectivity index (χ2n) is 5.33. The van der Waals surface area contributed by atoms with E-state index in [4.69, 9.17) is 23.2 Å². The van der Waals surface area contributed by atoms with Crippen LogP contribution in [0.3, 0.4) is 0 Å². The van der Waals surface area contributed by atoms with Gasteiger partial charge in [0.2, 0.25) is 0 Å². The third kappa shape index (κ3) is 3.92. The predicted molar refractivity (Wildman–Crippen MR) is 104 cm³/mol. The first-order chi connectivity index (χ1) is 11.1. The molecule has 0 atom stereocenters. The van der Waals surface area contributed by atoms with Crippen LogP contribution < -0.4 is 4.90 Å². The third-order valence-electron chi connectivity index (χ3n) is 3.75. The van der Waals surface area contributed by atoms with Gasteiger partial charge in [-0.05, 0) is 35.9 Å². The van der Waals surface area contributed by atoms with E-state index < -0.39 is 0 Å². The molecule has 3 rings (SSSR count). The van der Waals surface area contributed by atoms with Gasteiger partial charge in [0.05, 0.1) is 27.9 Å². The molecule has 126 valence electrons. The molecule has 0 bridgehead atoms. The van der Waals surface area contributed by atoms with Crippen LogP contribution in [-0.2, 0) is 0 Å². The number of allylic oxidation sites excluding steroid dienone is 1. The molecule has 24 heavy (non-hydrogen) atoms. The van der Waals surface area contributed by atoms with Crippen LogP contribution in [0.25, 0.3) is 6.08 Å². The second-order valence-corrected chi connectivity index (χ2v) is 6.14. The first-order valence-electron chi connectivity index (χ1n) is 7.24. The van der Waals surface area contributed by atoms with Crippen LogP contribution in [0.2, 0.25) is 10.0 Å². The molecule has 6 heteroatoms. The highest BCUT2D eigenvalue weighted by Crippen LogP contribution is 2.27. The molecule has 0 aromatic heterocycles. The van der Waals surface area contributed by atoms with Crippen LogP contribution in [-0.4, -0.2) is 25.8 Å². The highest BCUT2D eigenvalue weighted by Gasteiger charge is 2.18. The topological polar surface area (TPSA) is 15.6 Å². The number of hydrogen-bond acceptors (Lipinski definition) is 2. The Morgan fingerprint density at radius 1 is 1.12 bits per heavy atom. The summed E-state index contributed by atoms with van der Waals surface area (Å²) in [5, 5.41) is 0.997. The summed E-state index contributed by atoms with van der Waals surface area (Å²) in [4.78, 5) is 6.54. The fourth-order valence-corrected chi connectivity index (χ4v) is 2.84. The number of fused-ring (bicyclic) bond motifs is 1. The molecule has 1 aliphatic rings. The van der Waals surface area contributed by atoms with Gasteiger partial charge in [-0.15, -0.1) is 12.4 Å². The van der Waals surface area contributed by atoms with Crippen LogP contribution in [0.4, 0.5) is 10.1 Å². The van der Waals surface area contributed by atoms with Crippen molar-refractivity contribution in [3.8, 4) is 0 Å². The summed E-state index contributed by atoms with van der Waals surface area (Å²) >= 11 is 11.9. The molecule has 0 saturated heterocycles. The number of anilines is 1. The van der Waals surface area contributed by atoms with Crippen LogP contribution in [0.5, 0.6) is 0 Å². The van der Waals surface area contributed by atoms with Gasteiger partial charge in [0, 0.05) is 19.3 Å². The molecule has 1 heterocycles. The lowest BCUT2D eigenvalue weighted by molar-refractivity contribution is 0.625. The van der Waals surface area contributed by atoms with Crippen LogP contribution >= 0.6 is 35.6 Å². The molecule has 0 amide bonds. The zero-order valence-corrected chi connectivity index (χ0v) is 15.3. The lowest BCUT2D eigenvalue weighted by Crippen LogP contribution is -2.20. The minimum Gasteiger partial charge on any atom is -0.372 e. The molecule has 0 fully saturated rings. The van der Waals surface area contributed by atoms with E-state index in [1.165, 1.54) is 6.07 Å². The highest BCUT2D eigenvalue weighted by atomic mass is 35.5. The summed E-state index contributed by atoms with van der Waals surface area (Å²) < 4.78 is 14.3. The largest absolute Gasteiger partial charge is 0.372 e. The highest BCUT2D eigenvalue weighted by molar-refractivity contribution is 6.42. The number of aliphatic imine (C=N–C) groups is 1. The molecule has 1 aliphatic heterocycles. The maximum absolute atomic E-state index is 14.3. The minimum absolute atomic E-state index is 0. The van der Waals surface area contributed by atoms with Crippen molar-refractivity contribution in [1.82, 2.24) is 0 Å². The molecule has 0 radical (unpaired) electrons. The Kier molecular flexibility index (Phi) is 6.27. The molecule has 0 spiro atoms. The van der Waals surface area contributed by atoms with Gasteiger partial charge in [0.25, 0.3) is 0 Å². The quantitative estimate of drug-likeness (QED) is 0.666. The monoisotopic (exact) mass is 384 g/mol. The molecule has 0 N–H and O–H groups in total. The Balaban J connectivity index is 0.00000208. The number of likely N-dealkylation sites (N-methyl/N-ethyl adjacent to an activating group) is 1. The molecule has 2 nitrogen and oxygen atoms in total. The maximum atomic E-state index is 14.3. The normalized spacial score (nSPS) is 14.0. The predicted octanol–water partition coefficient (Wildman–Crippen LogP) is 5.51. The van der Waals surface area contributed by atoms with E-state index in [1.54, 1.807) is 18.2 Å². The lowest BCUT2D eigenvalue weighted by Gasteiger charge is -2.19. The van der Waals surface area contributed by atoms with Gasteiger partial charge in [0.15, 0.2) is 0 Å². The Labute approximate surface area is 157 Å². The average Bonchev–Trinajstić information content (AvgIpc) is 2.69. The van der Waals surface area contributed by atoms with Crippen molar-refractivity contribution in [1.29, 1.82) is 0 Å². The Hall–Kier alpha value is -1.55. The summed E-state index contributed by atoms with van der Waals surface area (Å²) in [6.07, 6.45) is 3.68. The van der Waals surface area contributed by atoms with E-state index in [1.807, 2.05) is 36.2 Å². The minimum atomic E-state index is -0.270. The van der Waals surface area contributed by atoms with E-state index in [2.05, 4.69) is 4.99 Å². The molecule has 2 aromatic rings. The Morgan fingerprint density at radius 2 is 1.92 bits per heavy atom. The zero-order chi connectivity index (χ0) is 16.4. The Bertz CT molecular complexity index is 803. The molecular weight excluding hydrogens is 370 g/mol. The fraction of sp³-hybridized carbons (Fsp3) is 0.167. The van der Waals surface area contributed by atoms with Crippen LogP contribution in [0, 0.1) is 5.82 Å². The van der Waals surface area contributed by atoms with Gasteiger partial charge in [-0.25, -0.2) is 4.39 Å². The number of benzodiazepines with no additional fused rings is 1. The second kappa shape index (κ2) is 8.02. The van der Waals surface area contributed by atoms with Crippen LogP contribution in [0.1, 0.15) is 11.1 Å². The van der Waals surface area contributed by atoms with Crippen molar-refractivity contribution >= 4 is 53.1 Å². The molecular formula is C18H16Cl3FN2. The number of nitrogens with zero attached hydrogens (tertiary/aromatic N) is 2. The molecule has 0 saturated carbocycles. The number of benzene rings is 2. The summed E-state index contributed by atoms with van der Waals surface area (Å²) in [6, 6.07) is 10.5. The van der Waals surface area contributed by atoms with Crippen molar-refractivity contribution in [2.45, 2.75) is 0 Å². The van der Waals surface area contributed by atoms with E-state index in [-0.39, 0.29) is 18.2 Å². The third-order valence-corrected chi connectivity index (χ3v) is 4.49. The number of hydrogen-bond donors (Lipinski definition) is 0. The average molecular weight is 386 g/mol. The van der Waals surface area contributed by atoms with Gasteiger partial charge >= 0.3 is 0 Å². The standard InChI is InChI=1S/C18H15Cl2FN2.ClH/c1-23-10-9-22-16(18-15(21)3-2-4-17(18)23)8-6-12-5-7-13(19)14(20)11-12;/h2-8,11H,9-10H2,1H3;1H/b8-6+;. The lowest BCUT2D eigenvalue weighted by atomic mass is 10.0. The molecule has 0 unspecified atom stereocenters. The summed E-state index contributed by atoms with van der Waals surface area (Å²) in [6.45, 7) is 1.37. The van der Waals surface area contributed by atoms with Crippen molar-refractivity contribution in [3.63, 3.8) is 0 Å². The summed E-state index contributed by atoms with van der Waals surface area (Å²) in [5.41, 5.74) is 2.90. The number of rotatable bonds is 2. The summed E-state index contributed by atoms with van der Waals surface area (Å²) in [5.74, 6) is -0.270. The zero-order valence-electron chi connectivity index (χ0n) is 13.0. The van der Waals surface area contributed by atoms with Crippen molar-refractivity contribution in [3.05, 3.63) is 69.5 Å². The first kappa shape index (κ1) is 18.8. The molecule has 0 aliphatic carbocycles. The first-order valence-corrected chi connectivity index (χ1v) is 7.99. The maximum Gasteiger partial charge on any atom is 0.134 e. The van der Waals surface area contributed by atoms with E-state index >= 15 is 0 Å². The van der Waals surface area contributed by atoms with E-state index in [9.17, 15) is 4.39 Å². The van der Waals surface area contributed by atoms with Crippen molar-refractivity contribution in [2.24, 2.45) is 4.99 Å². The van der Waals surface area contributed by atoms with Crippen molar-refractivity contribution in [2.75, 3.05) is 25.0 Å². The van der Waals surface area contributed by atoms with E-state index in [0.29, 0.717) is 27.9 Å². The smallest absolute Gasteiger partial charge is 0.134 e. The SMILES string of the molecule is CN1CCN=C(/C=C/c2ccc(Cl)c(Cl)c2)c2c(F)cccc21.Cl. The van der Waals surface area contributed by atoms with E-state index in [0.717, 1.165) is 17.8 Å². The molecule has 2 aromatic carbocycles.